The van der Waals surface area contributed by atoms with E-state index in [4.69, 9.17) is 0 Å². The van der Waals surface area contributed by atoms with E-state index in [1.54, 1.807) is 49.1 Å². The largest absolute Gasteiger partial charge is 0.465 e. The van der Waals surface area contributed by atoms with Gasteiger partial charge in [-0.25, -0.2) is 14.6 Å². The van der Waals surface area contributed by atoms with Crippen LogP contribution in [0.2, 0.25) is 0 Å². The Morgan fingerprint density at radius 3 is 2.17 bits per heavy atom. The van der Waals surface area contributed by atoms with E-state index in [0.29, 0.717) is 12.1 Å². The molecule has 0 radical (unpaired) electrons. The quantitative estimate of drug-likeness (QED) is 0.0754. The summed E-state index contributed by atoms with van der Waals surface area (Å²) in [6.07, 6.45) is 1.77. The third-order valence-corrected chi connectivity index (χ3v) is 10.6. The number of pyridine rings is 2. The fourth-order valence-corrected chi connectivity index (χ4v) is 7.28. The van der Waals surface area contributed by atoms with Crippen molar-refractivity contribution in [2.45, 2.75) is 84.8 Å². The Balaban J connectivity index is 1.43. The minimum Gasteiger partial charge on any atom is -0.465 e. The average molecular weight is 793 g/mol. The number of carbonyl (C=O) groups is 4. The van der Waals surface area contributed by atoms with Crippen molar-refractivity contribution >= 4 is 23.9 Å². The normalized spacial score (nSPS) is 16.8. The number of hydrazine groups is 1. The van der Waals surface area contributed by atoms with Gasteiger partial charge in [0.1, 0.15) is 6.04 Å². The van der Waals surface area contributed by atoms with Crippen molar-refractivity contribution in [3.63, 3.8) is 0 Å². The Labute approximate surface area is 340 Å². The first kappa shape index (κ1) is 43.3. The third kappa shape index (κ3) is 11.8. The molecular formula is C44H56N8O6. The van der Waals surface area contributed by atoms with E-state index < -0.39 is 47.6 Å². The summed E-state index contributed by atoms with van der Waals surface area (Å²) < 4.78 is 0. The highest BCUT2D eigenvalue weighted by molar-refractivity contribution is 5.86. The summed E-state index contributed by atoms with van der Waals surface area (Å²) in [5.74, 6) is -1.65. The lowest BCUT2D eigenvalue weighted by Crippen LogP contribution is -2.59. The van der Waals surface area contributed by atoms with Crippen LogP contribution in [0.5, 0.6) is 0 Å². The molecule has 6 atom stereocenters. The van der Waals surface area contributed by atoms with Crippen molar-refractivity contribution in [3.05, 3.63) is 120 Å². The second-order valence-corrected chi connectivity index (χ2v) is 16.0. The standard InChI is InChI=1S/C44H56N8O6/c1-6-29(2)38(36-25-47-42(56)52(36)27-33-16-10-12-22-45-33)40(54)48-35(24-30-14-8-7-9-15-30)37(53)28-51(50-41(55)39(44(3,4)5)49-43(57)58)26-31-18-20-32(21-19-31)34-17-11-13-23-46-34/h7-23,29,35-39,49,53H,6,24-28H2,1-5H3,(H,47,56)(H,48,54)(H,50,55)(H,57,58). The van der Waals surface area contributed by atoms with Crippen molar-refractivity contribution < 1.29 is 29.4 Å². The second-order valence-electron chi connectivity index (χ2n) is 16.0. The van der Waals surface area contributed by atoms with Crippen LogP contribution in [0.4, 0.5) is 9.59 Å². The molecule has 1 fully saturated rings. The van der Waals surface area contributed by atoms with Gasteiger partial charge in [-0.1, -0.05) is 108 Å². The maximum Gasteiger partial charge on any atom is 0.405 e. The zero-order valence-electron chi connectivity index (χ0n) is 33.8. The first-order chi connectivity index (χ1) is 27.7. The van der Waals surface area contributed by atoms with Gasteiger partial charge in [0, 0.05) is 37.6 Å². The fraction of sp³-hybridized carbons (Fsp3) is 0.409. The highest BCUT2D eigenvalue weighted by Crippen LogP contribution is 2.28. The van der Waals surface area contributed by atoms with Crippen LogP contribution in [0.15, 0.2) is 103 Å². The SMILES string of the molecule is CCC(C)C(C(=O)NC(Cc1ccccc1)C(O)CN(Cc1ccc(-c2ccccn2)cc1)NC(=O)C(NC(=O)O)C(C)(C)C)C1CNC(=O)N1Cc1ccccn1. The zero-order chi connectivity index (χ0) is 41.8. The molecule has 0 aliphatic carbocycles. The molecule has 2 aromatic carbocycles. The van der Waals surface area contributed by atoms with Crippen LogP contribution in [0, 0.1) is 17.3 Å². The molecule has 0 spiro atoms. The molecule has 1 aliphatic rings. The Hall–Kier alpha value is -5.86. The van der Waals surface area contributed by atoms with Crippen LogP contribution in [0.3, 0.4) is 0 Å². The molecular weight excluding hydrogens is 737 g/mol. The number of carboxylic acid groups (broad SMARTS) is 1. The Morgan fingerprint density at radius 2 is 1.57 bits per heavy atom. The first-order valence-corrected chi connectivity index (χ1v) is 19.8. The predicted molar refractivity (Wildman–Crippen MR) is 221 cm³/mol. The van der Waals surface area contributed by atoms with Gasteiger partial charge in [-0.15, -0.1) is 0 Å². The summed E-state index contributed by atoms with van der Waals surface area (Å²) in [5, 5.41) is 31.7. The van der Waals surface area contributed by atoms with Crippen molar-refractivity contribution in [2.24, 2.45) is 17.3 Å². The number of hydrogen-bond donors (Lipinski definition) is 6. The van der Waals surface area contributed by atoms with Crippen molar-refractivity contribution in [2.75, 3.05) is 13.1 Å². The van der Waals surface area contributed by atoms with E-state index in [1.165, 1.54) is 0 Å². The number of aromatic nitrogens is 2. The van der Waals surface area contributed by atoms with E-state index >= 15 is 0 Å². The topological polar surface area (TPSA) is 189 Å². The van der Waals surface area contributed by atoms with Gasteiger partial charge in [0.05, 0.1) is 42.0 Å². The van der Waals surface area contributed by atoms with Gasteiger partial charge in [0.15, 0.2) is 0 Å². The lowest BCUT2D eigenvalue weighted by Gasteiger charge is -2.36. The maximum atomic E-state index is 14.6. The monoisotopic (exact) mass is 792 g/mol. The van der Waals surface area contributed by atoms with Crippen LogP contribution in [-0.4, -0.2) is 91.3 Å². The summed E-state index contributed by atoms with van der Waals surface area (Å²) in [7, 11) is 0. The van der Waals surface area contributed by atoms with Crippen molar-refractivity contribution in [1.82, 2.24) is 41.3 Å². The van der Waals surface area contributed by atoms with E-state index in [1.807, 2.05) is 98.8 Å². The minimum absolute atomic E-state index is 0.126. The number of aliphatic hydroxyl groups is 1. The van der Waals surface area contributed by atoms with E-state index in [9.17, 15) is 29.4 Å². The average Bonchev–Trinajstić information content (AvgIpc) is 3.55. The highest BCUT2D eigenvalue weighted by atomic mass is 16.4. The van der Waals surface area contributed by atoms with Crippen LogP contribution in [0.1, 0.15) is 57.9 Å². The number of benzene rings is 2. The molecule has 3 heterocycles. The lowest BCUT2D eigenvalue weighted by atomic mass is 9.83. The smallest absolute Gasteiger partial charge is 0.405 e. The molecule has 308 valence electrons. The number of amides is 5. The van der Waals surface area contributed by atoms with E-state index in [0.717, 1.165) is 22.4 Å². The Morgan fingerprint density at radius 1 is 0.897 bits per heavy atom. The molecule has 5 amide bonds. The second kappa shape index (κ2) is 20.0. The molecule has 6 unspecified atom stereocenters. The van der Waals surface area contributed by atoms with Crippen LogP contribution in [-0.2, 0) is 29.1 Å². The molecule has 1 saturated heterocycles. The van der Waals surface area contributed by atoms with Gasteiger partial charge in [-0.3, -0.25) is 25.0 Å². The summed E-state index contributed by atoms with van der Waals surface area (Å²) in [4.78, 5) is 63.8. The van der Waals surface area contributed by atoms with Gasteiger partial charge in [0.25, 0.3) is 5.91 Å². The zero-order valence-corrected chi connectivity index (χ0v) is 33.8. The number of hydrogen-bond acceptors (Lipinski definition) is 8. The van der Waals surface area contributed by atoms with E-state index in [-0.39, 0.29) is 50.5 Å². The van der Waals surface area contributed by atoms with Gasteiger partial charge in [0.2, 0.25) is 5.91 Å². The highest BCUT2D eigenvalue weighted by Gasteiger charge is 2.43. The Bertz CT molecular complexity index is 1950. The molecule has 4 aromatic rings. The molecule has 5 rings (SSSR count). The molecule has 2 aromatic heterocycles. The van der Waals surface area contributed by atoms with Crippen LogP contribution >= 0.6 is 0 Å². The summed E-state index contributed by atoms with van der Waals surface area (Å²) >= 11 is 0. The van der Waals surface area contributed by atoms with Gasteiger partial charge in [-0.05, 0) is 53.1 Å². The molecule has 58 heavy (non-hydrogen) atoms. The van der Waals surface area contributed by atoms with Gasteiger partial charge in [-0.2, -0.15) is 0 Å². The minimum atomic E-state index is -1.34. The number of carbonyl (C=O) groups excluding carboxylic acids is 3. The predicted octanol–water partition coefficient (Wildman–Crippen LogP) is 5.00. The third-order valence-electron chi connectivity index (χ3n) is 10.6. The number of urea groups is 1. The van der Waals surface area contributed by atoms with Crippen LogP contribution in [0.25, 0.3) is 11.3 Å². The molecule has 14 nitrogen and oxygen atoms in total. The summed E-state index contributed by atoms with van der Waals surface area (Å²) in [6, 6.07) is 25.6. The first-order valence-electron chi connectivity index (χ1n) is 19.8. The molecule has 0 bridgehead atoms. The summed E-state index contributed by atoms with van der Waals surface area (Å²) in [5.41, 5.74) is 6.18. The maximum absolute atomic E-state index is 14.6. The number of rotatable bonds is 18. The van der Waals surface area contributed by atoms with Gasteiger partial charge < -0.3 is 31.1 Å². The molecule has 1 aliphatic heterocycles. The number of nitrogens with one attached hydrogen (secondary N) is 4. The van der Waals surface area contributed by atoms with Crippen molar-refractivity contribution in [1.29, 1.82) is 0 Å². The summed E-state index contributed by atoms with van der Waals surface area (Å²) in [6.45, 7) is 9.79. The Kier molecular flexibility index (Phi) is 14.9. The molecule has 6 N–H and O–H groups in total. The molecule has 0 saturated carbocycles. The fourth-order valence-electron chi connectivity index (χ4n) is 7.28. The van der Waals surface area contributed by atoms with Gasteiger partial charge >= 0.3 is 12.1 Å². The number of aliphatic hydroxyl groups excluding tert-OH is 1. The lowest BCUT2D eigenvalue weighted by molar-refractivity contribution is -0.133. The molecule has 14 heteroatoms. The van der Waals surface area contributed by atoms with Crippen LogP contribution < -0.4 is 21.4 Å². The number of nitrogens with zero attached hydrogens (tertiary/aromatic N) is 4. The van der Waals surface area contributed by atoms with Crippen molar-refractivity contribution in [3.8, 4) is 11.3 Å². The van der Waals surface area contributed by atoms with E-state index in [2.05, 4.69) is 31.3 Å².